The Kier molecular flexibility index (Phi) is 8.60. The molecule has 224 valence electrons. The molecule has 0 aliphatic carbocycles. The monoisotopic (exact) mass is 610 g/mol. The van der Waals surface area contributed by atoms with Crippen molar-refractivity contribution in [1.82, 2.24) is 14.7 Å². The van der Waals surface area contributed by atoms with Crippen molar-refractivity contribution in [2.24, 2.45) is 10.9 Å². The maximum atomic E-state index is 13.2. The largest absolute Gasteiger partial charge is 0.489 e. The number of amidine groups is 1. The fourth-order valence-corrected chi connectivity index (χ4v) is 6.81. The number of amides is 1. The van der Waals surface area contributed by atoms with E-state index in [2.05, 4.69) is 52.4 Å². The minimum absolute atomic E-state index is 0.195. The van der Waals surface area contributed by atoms with Crippen molar-refractivity contribution in [3.05, 3.63) is 143 Å². The van der Waals surface area contributed by atoms with E-state index in [4.69, 9.17) is 9.84 Å². The molecule has 0 saturated carbocycles. The number of thioether (sulfide) groups is 1. The van der Waals surface area contributed by atoms with E-state index in [0.717, 1.165) is 71.3 Å². The second-order valence-corrected chi connectivity index (χ2v) is 12.5. The number of likely N-dealkylation sites (tertiary alicyclic amines) is 1. The molecule has 6 nitrogen and oxygen atoms in total. The van der Waals surface area contributed by atoms with Gasteiger partial charge in [-0.05, 0) is 78.4 Å². The maximum Gasteiger partial charge on any atom is 0.286 e. The van der Waals surface area contributed by atoms with Crippen LogP contribution in [0.5, 0.6) is 5.75 Å². The van der Waals surface area contributed by atoms with E-state index in [1.54, 1.807) is 0 Å². The molecule has 0 unspecified atom stereocenters. The van der Waals surface area contributed by atoms with Crippen molar-refractivity contribution in [3.8, 4) is 22.7 Å². The van der Waals surface area contributed by atoms with Crippen molar-refractivity contribution >= 4 is 28.9 Å². The lowest BCUT2D eigenvalue weighted by Gasteiger charge is -2.32. The molecule has 1 amide bonds. The zero-order valence-corrected chi connectivity index (χ0v) is 25.8. The molecule has 0 bridgehead atoms. The van der Waals surface area contributed by atoms with Gasteiger partial charge in [-0.2, -0.15) is 10.1 Å². The molecule has 4 aromatic carbocycles. The van der Waals surface area contributed by atoms with Crippen LogP contribution in [0.1, 0.15) is 29.5 Å². The minimum Gasteiger partial charge on any atom is -0.489 e. The van der Waals surface area contributed by atoms with E-state index in [1.165, 1.54) is 17.3 Å². The average Bonchev–Trinajstić information content (AvgIpc) is 3.69. The van der Waals surface area contributed by atoms with Crippen LogP contribution in [0, 0.1) is 5.92 Å². The van der Waals surface area contributed by atoms with Gasteiger partial charge < -0.3 is 9.64 Å². The van der Waals surface area contributed by atoms with Gasteiger partial charge in [-0.3, -0.25) is 4.79 Å². The number of ether oxygens (including phenoxy) is 1. The fraction of sp³-hybridized carbons (Fsp3) is 0.184. The standard InChI is InChI=1S/C38H34N4O2S/c43-37-35(45-38(39-37)41-21-19-29(20-22-41)23-28-11-4-1-5-12-28)25-32-26-42(33-16-8-3-9-17-33)40-36(32)31-15-10-18-34(24-31)44-27-30-13-6-2-7-14-30/h1-18,24-26,29H,19-23,27H2/b35-25-. The number of aliphatic imine (C=N–C) groups is 1. The highest BCUT2D eigenvalue weighted by Gasteiger charge is 2.29. The molecule has 0 N–H and O–H groups in total. The Bertz CT molecular complexity index is 1830. The number of carbonyl (C=O) groups is 1. The van der Waals surface area contributed by atoms with Gasteiger partial charge in [0.15, 0.2) is 5.17 Å². The number of piperidine rings is 1. The van der Waals surface area contributed by atoms with Crippen LogP contribution in [0.25, 0.3) is 23.0 Å². The summed E-state index contributed by atoms with van der Waals surface area (Å²) >= 11 is 1.47. The smallest absolute Gasteiger partial charge is 0.286 e. The van der Waals surface area contributed by atoms with E-state index >= 15 is 0 Å². The number of benzene rings is 4. The van der Waals surface area contributed by atoms with Gasteiger partial charge in [0.1, 0.15) is 18.1 Å². The summed E-state index contributed by atoms with van der Waals surface area (Å²) in [5.74, 6) is 1.22. The van der Waals surface area contributed by atoms with E-state index in [9.17, 15) is 4.79 Å². The number of rotatable bonds is 8. The molecule has 45 heavy (non-hydrogen) atoms. The SMILES string of the molecule is O=C1N=C(N2CCC(Cc3ccccc3)CC2)S/C1=C\c1cn(-c2ccccc2)nc1-c1cccc(OCc2ccccc2)c1. The Morgan fingerprint density at radius 3 is 2.24 bits per heavy atom. The van der Waals surface area contributed by atoms with Crippen molar-refractivity contribution in [2.75, 3.05) is 13.1 Å². The Hall–Kier alpha value is -4.88. The summed E-state index contributed by atoms with van der Waals surface area (Å²) < 4.78 is 7.99. The quantitative estimate of drug-likeness (QED) is 0.167. The zero-order chi connectivity index (χ0) is 30.4. The third-order valence-electron chi connectivity index (χ3n) is 8.27. The van der Waals surface area contributed by atoms with Crippen molar-refractivity contribution in [3.63, 3.8) is 0 Å². The molecular weight excluding hydrogens is 577 g/mol. The number of hydrogen-bond acceptors (Lipinski definition) is 5. The molecule has 0 atom stereocenters. The normalized spacial score (nSPS) is 16.3. The predicted molar refractivity (Wildman–Crippen MR) is 182 cm³/mol. The summed E-state index contributed by atoms with van der Waals surface area (Å²) in [5, 5.41) is 5.78. The first-order valence-electron chi connectivity index (χ1n) is 15.4. The zero-order valence-electron chi connectivity index (χ0n) is 25.0. The van der Waals surface area contributed by atoms with Crippen LogP contribution in [0.3, 0.4) is 0 Å². The van der Waals surface area contributed by atoms with Gasteiger partial charge in [-0.25, -0.2) is 4.68 Å². The molecule has 2 aliphatic heterocycles. The van der Waals surface area contributed by atoms with E-state index in [-0.39, 0.29) is 5.91 Å². The van der Waals surface area contributed by atoms with Crippen LogP contribution in [0.15, 0.2) is 131 Å². The first kappa shape index (κ1) is 28.9. The number of hydrogen-bond donors (Lipinski definition) is 0. The van der Waals surface area contributed by atoms with Crippen LogP contribution in [-0.2, 0) is 17.8 Å². The Morgan fingerprint density at radius 2 is 1.51 bits per heavy atom. The lowest BCUT2D eigenvalue weighted by molar-refractivity contribution is -0.113. The molecule has 3 heterocycles. The lowest BCUT2D eigenvalue weighted by atomic mass is 9.90. The lowest BCUT2D eigenvalue weighted by Crippen LogP contribution is -2.37. The van der Waals surface area contributed by atoms with Crippen molar-refractivity contribution in [2.45, 2.75) is 25.9 Å². The van der Waals surface area contributed by atoms with Gasteiger partial charge in [0.2, 0.25) is 0 Å². The molecule has 1 saturated heterocycles. The molecule has 1 fully saturated rings. The van der Waals surface area contributed by atoms with Gasteiger partial charge in [0.05, 0.1) is 10.6 Å². The number of para-hydroxylation sites is 1. The number of aromatic nitrogens is 2. The minimum atomic E-state index is -0.195. The molecule has 1 aromatic heterocycles. The summed E-state index contributed by atoms with van der Waals surface area (Å²) in [7, 11) is 0. The highest BCUT2D eigenvalue weighted by Crippen LogP contribution is 2.35. The summed E-state index contributed by atoms with van der Waals surface area (Å²) in [5.41, 5.74) is 5.99. The summed E-state index contributed by atoms with van der Waals surface area (Å²) in [6.07, 6.45) is 7.21. The van der Waals surface area contributed by atoms with Crippen LogP contribution in [0.2, 0.25) is 0 Å². The average molecular weight is 611 g/mol. The fourth-order valence-electron chi connectivity index (χ4n) is 5.85. The van der Waals surface area contributed by atoms with Crippen LogP contribution >= 0.6 is 11.8 Å². The molecular formula is C38H34N4O2S. The topological polar surface area (TPSA) is 59.7 Å². The van der Waals surface area contributed by atoms with Crippen LogP contribution in [0.4, 0.5) is 0 Å². The predicted octanol–water partition coefficient (Wildman–Crippen LogP) is 8.04. The molecule has 0 radical (unpaired) electrons. The van der Waals surface area contributed by atoms with E-state index in [1.807, 2.05) is 89.8 Å². The first-order valence-corrected chi connectivity index (χ1v) is 16.2. The number of carbonyl (C=O) groups excluding carboxylic acids is 1. The van der Waals surface area contributed by atoms with Gasteiger partial charge in [-0.1, -0.05) is 91.0 Å². The van der Waals surface area contributed by atoms with Crippen molar-refractivity contribution < 1.29 is 9.53 Å². The third kappa shape index (κ3) is 6.94. The second kappa shape index (κ2) is 13.4. The van der Waals surface area contributed by atoms with Crippen LogP contribution < -0.4 is 4.74 Å². The Morgan fingerprint density at radius 1 is 0.822 bits per heavy atom. The molecule has 5 aromatic rings. The Balaban J connectivity index is 1.10. The maximum absolute atomic E-state index is 13.2. The Labute approximate surface area is 268 Å². The molecule has 2 aliphatic rings. The van der Waals surface area contributed by atoms with E-state index in [0.29, 0.717) is 17.4 Å². The molecule has 7 heteroatoms. The van der Waals surface area contributed by atoms with Gasteiger partial charge in [0, 0.05) is 30.4 Å². The number of nitrogens with zero attached hydrogens (tertiary/aromatic N) is 4. The summed E-state index contributed by atoms with van der Waals surface area (Å²) in [6, 6.07) is 38.8. The highest BCUT2D eigenvalue weighted by atomic mass is 32.2. The van der Waals surface area contributed by atoms with Gasteiger partial charge in [-0.15, -0.1) is 0 Å². The van der Waals surface area contributed by atoms with Crippen molar-refractivity contribution in [1.29, 1.82) is 0 Å². The molecule has 7 rings (SSSR count). The highest BCUT2D eigenvalue weighted by molar-refractivity contribution is 8.18. The second-order valence-electron chi connectivity index (χ2n) is 11.4. The van der Waals surface area contributed by atoms with Gasteiger partial charge >= 0.3 is 0 Å². The van der Waals surface area contributed by atoms with Crippen LogP contribution in [-0.4, -0.2) is 38.8 Å². The third-order valence-corrected chi connectivity index (χ3v) is 9.31. The van der Waals surface area contributed by atoms with Gasteiger partial charge in [0.25, 0.3) is 5.91 Å². The molecule has 0 spiro atoms. The van der Waals surface area contributed by atoms with E-state index < -0.39 is 0 Å². The first-order chi connectivity index (χ1) is 22.2. The summed E-state index contributed by atoms with van der Waals surface area (Å²) in [4.78, 5) is 20.6. The summed E-state index contributed by atoms with van der Waals surface area (Å²) in [6.45, 7) is 2.31.